The summed E-state index contributed by atoms with van der Waals surface area (Å²) in [6, 6.07) is 5.42. The average molecular weight is 568 g/mol. The Hall–Kier alpha value is -4.11. The Bertz CT molecular complexity index is 1620. The number of aliphatic hydroxyl groups is 1. The Balaban J connectivity index is 1.25. The number of aryl methyl sites for hydroxylation is 1. The zero-order valence-electron chi connectivity index (χ0n) is 21.0. The van der Waals surface area contributed by atoms with Gasteiger partial charge in [-0.3, -0.25) is 4.57 Å². The van der Waals surface area contributed by atoms with Crippen LogP contribution in [0.25, 0.3) is 22.1 Å². The number of hydrogen-bond acceptors (Lipinski definition) is 9. The molecule has 1 fully saturated rings. The number of ether oxygens (including phenoxy) is 1. The molecule has 0 aliphatic carbocycles. The van der Waals surface area contributed by atoms with E-state index in [1.54, 1.807) is 6.92 Å². The van der Waals surface area contributed by atoms with Crippen LogP contribution in [-0.2, 0) is 4.79 Å². The molecule has 0 bridgehead atoms. The molecule has 2 N–H and O–H groups in total. The molecule has 4 aromatic rings. The van der Waals surface area contributed by atoms with Gasteiger partial charge in [-0.05, 0) is 25.0 Å². The maximum Gasteiger partial charge on any atom is 0.493 e. The van der Waals surface area contributed by atoms with Crippen molar-refractivity contribution in [2.24, 2.45) is 0 Å². The minimum atomic E-state index is -5.35. The summed E-state index contributed by atoms with van der Waals surface area (Å²) >= 11 is 0. The van der Waals surface area contributed by atoms with E-state index < -0.39 is 35.8 Å². The van der Waals surface area contributed by atoms with E-state index in [1.807, 2.05) is 4.90 Å². The predicted octanol–water partition coefficient (Wildman–Crippen LogP) is 2.69. The summed E-state index contributed by atoms with van der Waals surface area (Å²) in [5.41, 5.74) is -0.467. The lowest BCUT2D eigenvalue weighted by molar-refractivity contribution is -0.199. The number of carbonyl (C=O) groups is 1. The number of piperidine rings is 1. The number of β-amino-alcohol motifs (C(OH)–C–C–N with tert-alkyl or cyclic N) is 1. The Morgan fingerprint density at radius 2 is 1.93 bits per heavy atom. The quantitative estimate of drug-likeness (QED) is 0.323. The van der Waals surface area contributed by atoms with Gasteiger partial charge in [0.2, 0.25) is 0 Å². The normalized spacial score (nSPS) is 16.1. The van der Waals surface area contributed by atoms with E-state index in [0.717, 1.165) is 12.1 Å². The molecule has 2 aromatic carbocycles. The number of imidazole rings is 1. The van der Waals surface area contributed by atoms with Crippen LogP contribution in [0, 0.1) is 12.7 Å². The van der Waals surface area contributed by atoms with E-state index >= 15 is 0 Å². The maximum absolute atomic E-state index is 13.9. The summed E-state index contributed by atoms with van der Waals surface area (Å²) in [7, 11) is 0. The highest BCUT2D eigenvalue weighted by Crippen LogP contribution is 2.31. The van der Waals surface area contributed by atoms with Gasteiger partial charge in [-0.25, -0.2) is 19.0 Å². The van der Waals surface area contributed by atoms with Gasteiger partial charge in [0.25, 0.3) is 0 Å². The first-order chi connectivity index (χ1) is 18.9. The molecule has 1 atom stereocenters. The molecular formula is C25H24F4N4O7. The smallest absolute Gasteiger partial charge is 0.493 e. The van der Waals surface area contributed by atoms with Crippen LogP contribution >= 0.6 is 0 Å². The van der Waals surface area contributed by atoms with Crippen molar-refractivity contribution in [3.8, 4) is 11.5 Å². The van der Waals surface area contributed by atoms with Crippen LogP contribution in [0.2, 0.25) is 0 Å². The number of oxazole rings is 1. The second-order valence-electron chi connectivity index (χ2n) is 9.48. The molecule has 214 valence electrons. The first-order valence-electron chi connectivity index (χ1n) is 12.3. The highest BCUT2D eigenvalue weighted by Gasteiger charge is 2.43. The molecule has 1 aliphatic heterocycles. The summed E-state index contributed by atoms with van der Waals surface area (Å²) in [6.45, 7) is 2.61. The van der Waals surface area contributed by atoms with Crippen LogP contribution in [-0.4, -0.2) is 73.9 Å². The SMILES string of the molecule is Cc1nc2c(OC[C@@H](O)CN3CCC(n4c(=O)n(OC(=O)C(F)(F)F)c5cc(F)ccc54)CC3)cc(O)cc2o1. The van der Waals surface area contributed by atoms with E-state index in [9.17, 15) is 37.4 Å². The van der Waals surface area contributed by atoms with Crippen molar-refractivity contribution in [3.05, 3.63) is 52.5 Å². The van der Waals surface area contributed by atoms with Crippen molar-refractivity contribution in [1.82, 2.24) is 19.2 Å². The number of phenols is 1. The van der Waals surface area contributed by atoms with Crippen molar-refractivity contribution < 1.29 is 46.6 Å². The van der Waals surface area contributed by atoms with Gasteiger partial charge < -0.3 is 29.1 Å². The molecule has 15 heteroatoms. The molecule has 0 spiro atoms. The molecule has 3 heterocycles. The maximum atomic E-state index is 13.9. The lowest BCUT2D eigenvalue weighted by atomic mass is 10.0. The molecule has 1 saturated heterocycles. The number of hydrogen-bond donors (Lipinski definition) is 2. The largest absolute Gasteiger partial charge is 0.508 e. The van der Waals surface area contributed by atoms with E-state index in [4.69, 9.17) is 9.15 Å². The van der Waals surface area contributed by atoms with Gasteiger partial charge in [-0.15, -0.1) is 4.73 Å². The van der Waals surface area contributed by atoms with Crippen LogP contribution in [0.15, 0.2) is 39.5 Å². The Labute approximate surface area is 222 Å². The fraction of sp³-hybridized carbons (Fsp3) is 0.400. The number of nitrogens with zero attached hydrogens (tertiary/aromatic N) is 4. The van der Waals surface area contributed by atoms with Gasteiger partial charge in [0.1, 0.15) is 29.8 Å². The summed E-state index contributed by atoms with van der Waals surface area (Å²) in [5, 5.41) is 20.4. The third-order valence-corrected chi connectivity index (χ3v) is 6.58. The third-order valence-electron chi connectivity index (χ3n) is 6.58. The predicted molar refractivity (Wildman–Crippen MR) is 130 cm³/mol. The van der Waals surface area contributed by atoms with E-state index in [0.29, 0.717) is 42.9 Å². The topological polar surface area (TPSA) is 132 Å². The number of halogens is 4. The standard InChI is InChI=1S/C25H24F4N4O7/c1-13-30-22-20(9-16(34)10-21(22)39-13)38-12-17(35)11-31-6-4-15(5-7-31)32-18-3-2-14(26)8-19(18)33(24(32)37)40-23(36)25(27,28)29/h2-3,8-10,15,17,34-35H,4-7,11-12H2,1H3/t17-/m0/s1. The first-order valence-corrected chi connectivity index (χ1v) is 12.3. The minimum Gasteiger partial charge on any atom is -0.508 e. The lowest BCUT2D eigenvalue weighted by Gasteiger charge is -2.33. The number of aromatic nitrogens is 3. The van der Waals surface area contributed by atoms with Crippen LogP contribution < -0.4 is 15.3 Å². The van der Waals surface area contributed by atoms with Crippen molar-refractivity contribution in [2.75, 3.05) is 26.2 Å². The van der Waals surface area contributed by atoms with Gasteiger partial charge in [-0.2, -0.15) is 13.2 Å². The second kappa shape index (κ2) is 10.5. The lowest BCUT2D eigenvalue weighted by Crippen LogP contribution is -2.43. The zero-order chi connectivity index (χ0) is 28.8. The second-order valence-corrected chi connectivity index (χ2v) is 9.48. The number of rotatable bonds is 7. The molecule has 40 heavy (non-hydrogen) atoms. The number of aromatic hydroxyl groups is 1. The van der Waals surface area contributed by atoms with Crippen molar-refractivity contribution in [3.63, 3.8) is 0 Å². The molecule has 0 saturated carbocycles. The van der Waals surface area contributed by atoms with Gasteiger partial charge in [-0.1, -0.05) is 0 Å². The average Bonchev–Trinajstić information content (AvgIpc) is 3.38. The van der Waals surface area contributed by atoms with E-state index in [-0.39, 0.29) is 40.4 Å². The number of phenolic OH excluding ortho intramolecular Hbond substituents is 1. The molecule has 2 aromatic heterocycles. The zero-order valence-corrected chi connectivity index (χ0v) is 21.0. The number of aliphatic hydroxyl groups excluding tert-OH is 1. The number of fused-ring (bicyclic) bond motifs is 2. The molecule has 0 unspecified atom stereocenters. The van der Waals surface area contributed by atoms with Crippen LogP contribution in [0.1, 0.15) is 24.8 Å². The molecular weight excluding hydrogens is 544 g/mol. The Morgan fingerprint density at radius 1 is 1.20 bits per heavy atom. The van der Waals surface area contributed by atoms with E-state index in [1.165, 1.54) is 22.8 Å². The summed E-state index contributed by atoms with van der Waals surface area (Å²) < 4.78 is 64.6. The number of likely N-dealkylation sites (tertiary alicyclic amines) is 1. The highest BCUT2D eigenvalue weighted by molar-refractivity contribution is 5.82. The van der Waals surface area contributed by atoms with Crippen molar-refractivity contribution >= 4 is 28.1 Å². The Kier molecular flexibility index (Phi) is 7.18. The van der Waals surface area contributed by atoms with Crippen LogP contribution in [0.3, 0.4) is 0 Å². The Morgan fingerprint density at radius 3 is 2.62 bits per heavy atom. The van der Waals surface area contributed by atoms with E-state index in [2.05, 4.69) is 9.82 Å². The van der Waals surface area contributed by atoms with Crippen molar-refractivity contribution in [2.45, 2.75) is 38.1 Å². The van der Waals surface area contributed by atoms with Gasteiger partial charge >= 0.3 is 17.8 Å². The molecule has 0 amide bonds. The van der Waals surface area contributed by atoms with Crippen LogP contribution in [0.5, 0.6) is 11.5 Å². The number of alkyl halides is 3. The van der Waals surface area contributed by atoms with Gasteiger partial charge in [0.15, 0.2) is 22.7 Å². The number of benzene rings is 2. The van der Waals surface area contributed by atoms with Crippen molar-refractivity contribution in [1.29, 1.82) is 0 Å². The fourth-order valence-electron chi connectivity index (χ4n) is 4.85. The van der Waals surface area contributed by atoms with Gasteiger partial charge in [0.05, 0.1) is 5.52 Å². The van der Waals surface area contributed by atoms with Crippen LogP contribution in [0.4, 0.5) is 17.6 Å². The summed E-state index contributed by atoms with van der Waals surface area (Å²) in [5.74, 6) is -2.86. The molecule has 11 nitrogen and oxygen atoms in total. The third kappa shape index (κ3) is 5.47. The summed E-state index contributed by atoms with van der Waals surface area (Å²) in [6.07, 6.45) is -5.51. The summed E-state index contributed by atoms with van der Waals surface area (Å²) in [4.78, 5) is 34.9. The monoisotopic (exact) mass is 568 g/mol. The minimum absolute atomic E-state index is 0.0808. The highest BCUT2D eigenvalue weighted by atomic mass is 19.4. The number of carbonyl (C=O) groups excluding carboxylic acids is 1. The van der Waals surface area contributed by atoms with Gasteiger partial charge in [0, 0.05) is 50.8 Å². The molecule has 0 radical (unpaired) electrons. The fourth-order valence-corrected chi connectivity index (χ4v) is 4.85. The first kappa shape index (κ1) is 27.5. The molecule has 1 aliphatic rings. The molecule has 5 rings (SSSR count).